The highest BCUT2D eigenvalue weighted by Crippen LogP contribution is 2.27. The van der Waals surface area contributed by atoms with Gasteiger partial charge in [0.2, 0.25) is 0 Å². The van der Waals surface area contributed by atoms with Gasteiger partial charge in [-0.3, -0.25) is 0 Å². The van der Waals surface area contributed by atoms with Crippen molar-refractivity contribution in [1.82, 2.24) is 0 Å². The highest BCUT2D eigenvalue weighted by molar-refractivity contribution is 9.10. The maximum atomic E-state index is 8.44. The van der Waals surface area contributed by atoms with E-state index in [-0.39, 0.29) is 0 Å². The average Bonchev–Trinajstić information content (AvgIpc) is 2.01. The van der Waals surface area contributed by atoms with Crippen molar-refractivity contribution in [2.24, 2.45) is 0 Å². The van der Waals surface area contributed by atoms with E-state index < -0.39 is 0 Å². The van der Waals surface area contributed by atoms with Gasteiger partial charge in [-0.15, -0.1) is 0 Å². The van der Waals surface area contributed by atoms with Crippen LogP contribution < -0.4 is 5.73 Å². The van der Waals surface area contributed by atoms with E-state index in [9.17, 15) is 0 Å². The lowest BCUT2D eigenvalue weighted by Gasteiger charge is -2.03. The SMILES string of the molecule is N#CCc1cc(Cl)c(Br)cc1N. The summed E-state index contributed by atoms with van der Waals surface area (Å²) in [6.07, 6.45) is 0.291. The highest BCUT2D eigenvalue weighted by Gasteiger charge is 2.03. The van der Waals surface area contributed by atoms with Gasteiger partial charge in [0, 0.05) is 10.2 Å². The van der Waals surface area contributed by atoms with Gasteiger partial charge in [0.15, 0.2) is 0 Å². The van der Waals surface area contributed by atoms with Gasteiger partial charge in [0.05, 0.1) is 17.5 Å². The van der Waals surface area contributed by atoms with Crippen LogP contribution in [0.5, 0.6) is 0 Å². The first-order chi connectivity index (χ1) is 5.65. The molecular weight excluding hydrogens is 239 g/mol. The fourth-order valence-corrected chi connectivity index (χ4v) is 1.39. The first kappa shape index (κ1) is 9.37. The van der Waals surface area contributed by atoms with E-state index in [0.717, 1.165) is 10.0 Å². The van der Waals surface area contributed by atoms with E-state index in [2.05, 4.69) is 15.9 Å². The number of nitriles is 1. The van der Waals surface area contributed by atoms with Crippen LogP contribution in [0.25, 0.3) is 0 Å². The summed E-state index contributed by atoms with van der Waals surface area (Å²) >= 11 is 9.05. The second-order valence-electron chi connectivity index (χ2n) is 2.30. The van der Waals surface area contributed by atoms with Crippen molar-refractivity contribution in [2.75, 3.05) is 5.73 Å². The molecule has 0 aliphatic heterocycles. The van der Waals surface area contributed by atoms with Crippen LogP contribution in [0.4, 0.5) is 5.69 Å². The maximum Gasteiger partial charge on any atom is 0.0670 e. The average molecular weight is 246 g/mol. The third kappa shape index (κ3) is 1.90. The van der Waals surface area contributed by atoms with E-state index in [1.807, 2.05) is 6.07 Å². The minimum Gasteiger partial charge on any atom is -0.398 e. The van der Waals surface area contributed by atoms with E-state index in [0.29, 0.717) is 17.1 Å². The van der Waals surface area contributed by atoms with Crippen LogP contribution in [0.1, 0.15) is 5.56 Å². The largest absolute Gasteiger partial charge is 0.398 e. The van der Waals surface area contributed by atoms with Crippen LogP contribution >= 0.6 is 27.5 Å². The van der Waals surface area contributed by atoms with Gasteiger partial charge >= 0.3 is 0 Å². The van der Waals surface area contributed by atoms with Crippen molar-refractivity contribution in [3.63, 3.8) is 0 Å². The van der Waals surface area contributed by atoms with Gasteiger partial charge in [0.25, 0.3) is 0 Å². The molecule has 0 aliphatic rings. The molecule has 0 saturated heterocycles. The van der Waals surface area contributed by atoms with Gasteiger partial charge in [-0.05, 0) is 33.6 Å². The molecule has 0 bridgehead atoms. The Morgan fingerprint density at radius 1 is 1.58 bits per heavy atom. The molecule has 0 saturated carbocycles. The van der Waals surface area contributed by atoms with Crippen molar-refractivity contribution in [3.05, 3.63) is 27.2 Å². The molecule has 1 aromatic carbocycles. The Morgan fingerprint density at radius 3 is 2.83 bits per heavy atom. The number of nitrogens with two attached hydrogens (primary N) is 1. The lowest BCUT2D eigenvalue weighted by molar-refractivity contribution is 1.26. The molecule has 1 aromatic rings. The summed E-state index contributed by atoms with van der Waals surface area (Å²) in [4.78, 5) is 0. The third-order valence-electron chi connectivity index (χ3n) is 1.45. The first-order valence-corrected chi connectivity index (χ1v) is 4.42. The Hall–Kier alpha value is -0.720. The highest BCUT2D eigenvalue weighted by atomic mass is 79.9. The Labute approximate surface area is 84.1 Å². The zero-order valence-corrected chi connectivity index (χ0v) is 8.48. The summed E-state index contributed by atoms with van der Waals surface area (Å²) in [7, 11) is 0. The molecule has 0 aliphatic carbocycles. The molecular formula is C8H6BrClN2. The predicted octanol–water partition coefficient (Wildman–Crippen LogP) is 2.75. The molecule has 0 atom stereocenters. The third-order valence-corrected chi connectivity index (χ3v) is 2.65. The number of nitrogen functional groups attached to an aromatic ring is 1. The molecule has 1 rings (SSSR count). The molecule has 0 aromatic heterocycles. The van der Waals surface area contributed by atoms with E-state index in [1.165, 1.54) is 0 Å². The van der Waals surface area contributed by atoms with Crippen LogP contribution in [-0.2, 0) is 6.42 Å². The minimum absolute atomic E-state index is 0.291. The Balaban J connectivity index is 3.16. The van der Waals surface area contributed by atoms with Gasteiger partial charge in [-0.1, -0.05) is 11.6 Å². The summed E-state index contributed by atoms with van der Waals surface area (Å²) in [5.41, 5.74) is 7.00. The van der Waals surface area contributed by atoms with Crippen molar-refractivity contribution in [3.8, 4) is 6.07 Å². The summed E-state index contributed by atoms with van der Waals surface area (Å²) in [6, 6.07) is 5.42. The number of rotatable bonds is 1. The van der Waals surface area contributed by atoms with Crippen molar-refractivity contribution >= 4 is 33.2 Å². The number of benzene rings is 1. The number of nitrogens with zero attached hydrogens (tertiary/aromatic N) is 1. The first-order valence-electron chi connectivity index (χ1n) is 3.25. The monoisotopic (exact) mass is 244 g/mol. The Bertz CT molecular complexity index is 344. The quantitative estimate of drug-likeness (QED) is 0.774. The minimum atomic E-state index is 0.291. The fraction of sp³-hybridized carbons (Fsp3) is 0.125. The lowest BCUT2D eigenvalue weighted by Crippen LogP contribution is -1.93. The summed E-state index contributed by atoms with van der Waals surface area (Å²) in [5, 5.41) is 9.02. The van der Waals surface area contributed by atoms with Crippen LogP contribution in [0.3, 0.4) is 0 Å². The van der Waals surface area contributed by atoms with E-state index >= 15 is 0 Å². The number of anilines is 1. The second kappa shape index (κ2) is 3.79. The smallest absolute Gasteiger partial charge is 0.0670 e. The molecule has 0 unspecified atom stereocenters. The molecule has 12 heavy (non-hydrogen) atoms. The molecule has 2 nitrogen and oxygen atoms in total. The maximum absolute atomic E-state index is 8.44. The van der Waals surface area contributed by atoms with Crippen molar-refractivity contribution in [1.29, 1.82) is 5.26 Å². The topological polar surface area (TPSA) is 49.8 Å². The van der Waals surface area contributed by atoms with E-state index in [1.54, 1.807) is 12.1 Å². The standard InChI is InChI=1S/C8H6BrClN2/c9-6-4-8(12)5(1-2-11)3-7(6)10/h3-4H,1,12H2. The number of hydrogen-bond acceptors (Lipinski definition) is 2. The summed E-state index contributed by atoms with van der Waals surface area (Å²) in [5.74, 6) is 0. The van der Waals surface area contributed by atoms with Gasteiger partial charge in [-0.2, -0.15) is 5.26 Å². The zero-order valence-electron chi connectivity index (χ0n) is 6.14. The molecule has 4 heteroatoms. The predicted molar refractivity (Wildman–Crippen MR) is 52.9 cm³/mol. The number of halogens is 2. The molecule has 0 fully saturated rings. The van der Waals surface area contributed by atoms with Crippen molar-refractivity contribution < 1.29 is 0 Å². The fourth-order valence-electron chi connectivity index (χ4n) is 0.842. The Kier molecular flexibility index (Phi) is 2.96. The molecule has 62 valence electrons. The van der Waals surface area contributed by atoms with E-state index in [4.69, 9.17) is 22.6 Å². The van der Waals surface area contributed by atoms with Crippen molar-refractivity contribution in [2.45, 2.75) is 6.42 Å². The van der Waals surface area contributed by atoms with Gasteiger partial charge in [-0.25, -0.2) is 0 Å². The molecule has 0 radical (unpaired) electrons. The summed E-state index contributed by atoms with van der Waals surface area (Å²) < 4.78 is 0.753. The lowest BCUT2D eigenvalue weighted by atomic mass is 10.1. The molecule has 0 spiro atoms. The van der Waals surface area contributed by atoms with Crippen LogP contribution in [-0.4, -0.2) is 0 Å². The second-order valence-corrected chi connectivity index (χ2v) is 3.56. The van der Waals surface area contributed by atoms with Crippen LogP contribution in [0, 0.1) is 11.3 Å². The molecule has 2 N–H and O–H groups in total. The molecule has 0 heterocycles. The number of hydrogen-bond donors (Lipinski definition) is 1. The molecule has 0 amide bonds. The van der Waals surface area contributed by atoms with Gasteiger partial charge in [0.1, 0.15) is 0 Å². The van der Waals surface area contributed by atoms with Crippen LogP contribution in [0.2, 0.25) is 5.02 Å². The Morgan fingerprint density at radius 2 is 2.25 bits per heavy atom. The van der Waals surface area contributed by atoms with Crippen LogP contribution in [0.15, 0.2) is 16.6 Å². The van der Waals surface area contributed by atoms with Gasteiger partial charge < -0.3 is 5.73 Å². The summed E-state index contributed by atoms with van der Waals surface area (Å²) in [6.45, 7) is 0. The zero-order chi connectivity index (χ0) is 9.14. The normalized spacial score (nSPS) is 9.42.